The van der Waals surface area contributed by atoms with Crippen LogP contribution in [0.3, 0.4) is 0 Å². The van der Waals surface area contributed by atoms with Gasteiger partial charge in [-0.05, 0) is 32.9 Å². The van der Waals surface area contributed by atoms with Crippen molar-refractivity contribution in [2.75, 3.05) is 33.2 Å². The highest BCUT2D eigenvalue weighted by Crippen LogP contribution is 2.27. The second-order valence-electron chi connectivity index (χ2n) is 5.98. The predicted octanol–water partition coefficient (Wildman–Crippen LogP) is -0.0789. The van der Waals surface area contributed by atoms with Gasteiger partial charge in [0.15, 0.2) is 0 Å². The first-order valence-corrected chi connectivity index (χ1v) is 6.63. The third kappa shape index (κ3) is 2.00. The van der Waals surface area contributed by atoms with E-state index in [2.05, 4.69) is 5.32 Å². The molecule has 1 N–H and O–H groups in total. The molecule has 2 fully saturated rings. The number of carbonyl (C=O) groups is 2. The first-order chi connectivity index (χ1) is 8.35. The van der Waals surface area contributed by atoms with E-state index in [1.54, 1.807) is 16.8 Å². The van der Waals surface area contributed by atoms with Crippen molar-refractivity contribution in [3.8, 4) is 0 Å². The van der Waals surface area contributed by atoms with Gasteiger partial charge in [0.05, 0.1) is 0 Å². The first-order valence-electron chi connectivity index (χ1n) is 6.63. The fourth-order valence-corrected chi connectivity index (χ4v) is 2.71. The van der Waals surface area contributed by atoms with Crippen LogP contribution >= 0.6 is 0 Å². The molecule has 1 unspecified atom stereocenters. The predicted molar refractivity (Wildman–Crippen MR) is 69.0 cm³/mol. The van der Waals surface area contributed by atoms with Gasteiger partial charge < -0.3 is 15.1 Å². The topological polar surface area (TPSA) is 52.7 Å². The lowest BCUT2D eigenvalue weighted by Gasteiger charge is -2.47. The van der Waals surface area contributed by atoms with Crippen LogP contribution in [0.1, 0.15) is 20.8 Å². The number of hydrogen-bond donors (Lipinski definition) is 1. The van der Waals surface area contributed by atoms with Gasteiger partial charge in [0.25, 0.3) is 0 Å². The molecule has 2 rings (SSSR count). The number of amides is 2. The van der Waals surface area contributed by atoms with Crippen LogP contribution in [-0.2, 0) is 9.59 Å². The molecule has 0 spiro atoms. The third-order valence-electron chi connectivity index (χ3n) is 4.38. The van der Waals surface area contributed by atoms with Crippen LogP contribution in [-0.4, -0.2) is 60.4 Å². The summed E-state index contributed by atoms with van der Waals surface area (Å²) in [5, 5.41) is 3.19. The Kier molecular flexibility index (Phi) is 3.36. The maximum absolute atomic E-state index is 12.5. The number of nitrogens with one attached hydrogen (secondary N) is 1. The lowest BCUT2D eigenvalue weighted by molar-refractivity contribution is -0.160. The smallest absolute Gasteiger partial charge is 0.247 e. The van der Waals surface area contributed by atoms with Gasteiger partial charge in [0.2, 0.25) is 11.8 Å². The fourth-order valence-electron chi connectivity index (χ4n) is 2.71. The van der Waals surface area contributed by atoms with Crippen molar-refractivity contribution >= 4 is 11.8 Å². The minimum absolute atomic E-state index is 0.00160. The highest BCUT2D eigenvalue weighted by Gasteiger charge is 2.45. The average Bonchev–Trinajstić information content (AvgIpc) is 2.23. The van der Waals surface area contributed by atoms with E-state index < -0.39 is 5.54 Å². The normalized spacial score (nSPS) is 25.9. The molecular formula is C13H23N3O2. The van der Waals surface area contributed by atoms with Crippen LogP contribution in [0.25, 0.3) is 0 Å². The van der Waals surface area contributed by atoms with Crippen molar-refractivity contribution in [3.63, 3.8) is 0 Å². The monoisotopic (exact) mass is 253 g/mol. The average molecular weight is 253 g/mol. The van der Waals surface area contributed by atoms with Crippen LogP contribution in [0.5, 0.6) is 0 Å². The molecule has 2 aliphatic heterocycles. The molecule has 18 heavy (non-hydrogen) atoms. The Morgan fingerprint density at radius 1 is 1.39 bits per heavy atom. The van der Waals surface area contributed by atoms with Crippen molar-refractivity contribution in [2.24, 2.45) is 11.8 Å². The summed E-state index contributed by atoms with van der Waals surface area (Å²) in [7, 11) is 1.80. The Hall–Kier alpha value is -1.10. The molecule has 102 valence electrons. The molecule has 2 amide bonds. The van der Waals surface area contributed by atoms with Gasteiger partial charge in [0.1, 0.15) is 5.54 Å². The van der Waals surface area contributed by atoms with E-state index in [-0.39, 0.29) is 17.7 Å². The van der Waals surface area contributed by atoms with E-state index in [9.17, 15) is 9.59 Å². The van der Waals surface area contributed by atoms with Gasteiger partial charge in [-0.25, -0.2) is 0 Å². The summed E-state index contributed by atoms with van der Waals surface area (Å²) in [6.07, 6.45) is 0. The Balaban J connectivity index is 2.11. The number of nitrogens with zero attached hydrogens (tertiary/aromatic N) is 2. The molecular weight excluding hydrogens is 230 g/mol. The Morgan fingerprint density at radius 2 is 2.00 bits per heavy atom. The van der Waals surface area contributed by atoms with E-state index in [1.165, 1.54) is 0 Å². The minimum atomic E-state index is -0.713. The largest absolute Gasteiger partial charge is 0.342 e. The van der Waals surface area contributed by atoms with Crippen LogP contribution in [0.15, 0.2) is 0 Å². The summed E-state index contributed by atoms with van der Waals surface area (Å²) >= 11 is 0. The van der Waals surface area contributed by atoms with Gasteiger partial charge in [-0.15, -0.1) is 0 Å². The summed E-state index contributed by atoms with van der Waals surface area (Å²) in [6, 6.07) is 0. The summed E-state index contributed by atoms with van der Waals surface area (Å²) in [4.78, 5) is 28.2. The molecule has 0 aromatic carbocycles. The summed E-state index contributed by atoms with van der Waals surface area (Å²) in [5.41, 5.74) is -0.713. The van der Waals surface area contributed by atoms with Crippen molar-refractivity contribution in [1.29, 1.82) is 0 Å². The molecule has 2 heterocycles. The van der Waals surface area contributed by atoms with Gasteiger partial charge >= 0.3 is 0 Å². The van der Waals surface area contributed by atoms with E-state index in [0.29, 0.717) is 19.0 Å². The molecule has 5 heteroatoms. The van der Waals surface area contributed by atoms with E-state index >= 15 is 0 Å². The highest BCUT2D eigenvalue weighted by atomic mass is 16.2. The standard InChI is InChI=1S/C13H23N3O2/c1-9(10-7-14-8-10)11(17)16-6-5-15(4)12(18)13(16,2)3/h9-10,14H,5-8H2,1-4H3. The quantitative estimate of drug-likeness (QED) is 0.749. The molecule has 2 aliphatic rings. The summed E-state index contributed by atoms with van der Waals surface area (Å²) < 4.78 is 0. The molecule has 2 saturated heterocycles. The molecule has 0 radical (unpaired) electrons. The van der Waals surface area contributed by atoms with E-state index in [0.717, 1.165) is 13.1 Å². The second-order valence-corrected chi connectivity index (χ2v) is 5.98. The molecule has 0 aliphatic carbocycles. The van der Waals surface area contributed by atoms with Gasteiger partial charge in [-0.2, -0.15) is 0 Å². The lowest BCUT2D eigenvalue weighted by atomic mass is 9.86. The molecule has 1 atom stereocenters. The number of likely N-dealkylation sites (N-methyl/N-ethyl adjacent to an activating group) is 1. The maximum Gasteiger partial charge on any atom is 0.247 e. The molecule has 0 saturated carbocycles. The second kappa shape index (κ2) is 4.53. The van der Waals surface area contributed by atoms with Crippen molar-refractivity contribution in [1.82, 2.24) is 15.1 Å². The van der Waals surface area contributed by atoms with Gasteiger partial charge in [-0.1, -0.05) is 6.92 Å². The third-order valence-corrected chi connectivity index (χ3v) is 4.38. The molecule has 0 aromatic heterocycles. The number of piperazine rings is 1. The highest BCUT2D eigenvalue weighted by molar-refractivity contribution is 5.92. The van der Waals surface area contributed by atoms with E-state index in [4.69, 9.17) is 0 Å². The van der Waals surface area contributed by atoms with E-state index in [1.807, 2.05) is 20.8 Å². The van der Waals surface area contributed by atoms with Crippen molar-refractivity contribution in [3.05, 3.63) is 0 Å². The van der Waals surface area contributed by atoms with Crippen LogP contribution in [0, 0.1) is 11.8 Å². The van der Waals surface area contributed by atoms with Crippen LogP contribution in [0.2, 0.25) is 0 Å². The maximum atomic E-state index is 12.5. The van der Waals surface area contributed by atoms with Crippen molar-refractivity contribution in [2.45, 2.75) is 26.3 Å². The SMILES string of the molecule is CC(C(=O)N1CCN(C)C(=O)C1(C)C)C1CNC1. The fraction of sp³-hybridized carbons (Fsp3) is 0.846. The Bertz CT molecular complexity index is 363. The minimum Gasteiger partial charge on any atom is -0.342 e. The summed E-state index contributed by atoms with van der Waals surface area (Å²) in [5.74, 6) is 0.568. The van der Waals surface area contributed by atoms with Crippen molar-refractivity contribution < 1.29 is 9.59 Å². The van der Waals surface area contributed by atoms with Gasteiger partial charge in [-0.3, -0.25) is 9.59 Å². The van der Waals surface area contributed by atoms with Crippen LogP contribution in [0.4, 0.5) is 0 Å². The molecule has 0 aromatic rings. The number of carbonyl (C=O) groups excluding carboxylic acids is 2. The zero-order valence-corrected chi connectivity index (χ0v) is 11.7. The zero-order chi connectivity index (χ0) is 13.5. The number of rotatable bonds is 2. The van der Waals surface area contributed by atoms with Crippen LogP contribution < -0.4 is 5.32 Å². The molecule has 0 bridgehead atoms. The number of hydrogen-bond acceptors (Lipinski definition) is 3. The first kappa shape index (κ1) is 13.3. The van der Waals surface area contributed by atoms with Gasteiger partial charge in [0, 0.05) is 26.1 Å². The molecule has 5 nitrogen and oxygen atoms in total. The summed E-state index contributed by atoms with van der Waals surface area (Å²) in [6.45, 7) is 8.75. The Morgan fingerprint density at radius 3 is 2.50 bits per heavy atom. The lowest BCUT2D eigenvalue weighted by Crippen LogP contribution is -2.65. The zero-order valence-electron chi connectivity index (χ0n) is 11.7. The Labute approximate surface area is 108 Å².